The predicted octanol–water partition coefficient (Wildman–Crippen LogP) is 2.09. The summed E-state index contributed by atoms with van der Waals surface area (Å²) in [6, 6.07) is 3.80. The highest BCUT2D eigenvalue weighted by Crippen LogP contribution is 2.35. The monoisotopic (exact) mass is 162 g/mol. The van der Waals surface area contributed by atoms with E-state index in [4.69, 9.17) is 4.74 Å². The number of aryl methyl sites for hydroxylation is 1. The van der Waals surface area contributed by atoms with E-state index in [1.807, 2.05) is 19.1 Å². The Labute approximate surface area is 71.2 Å². The summed E-state index contributed by atoms with van der Waals surface area (Å²) in [5, 5.41) is 0. The molecular weight excluding hydrogens is 152 g/mol. The van der Waals surface area contributed by atoms with Crippen molar-refractivity contribution in [2.24, 2.45) is 0 Å². The number of carbonyl (C=O) groups excluding carboxylic acids is 1. The second kappa shape index (κ2) is 2.34. The third kappa shape index (κ3) is 0.779. The zero-order chi connectivity index (χ0) is 8.72. The number of rotatable bonds is 1. The molecule has 2 nitrogen and oxygen atoms in total. The van der Waals surface area contributed by atoms with Crippen molar-refractivity contribution >= 4 is 5.97 Å². The van der Waals surface area contributed by atoms with Crippen LogP contribution in [-0.4, -0.2) is 5.97 Å². The summed E-state index contributed by atoms with van der Waals surface area (Å²) in [5.41, 5.74) is 3.09. The van der Waals surface area contributed by atoms with Crippen LogP contribution in [0.3, 0.4) is 0 Å². The fraction of sp³-hybridized carbons (Fsp3) is 0.300. The zero-order valence-corrected chi connectivity index (χ0v) is 7.18. The molecule has 0 radical (unpaired) electrons. The first kappa shape index (κ1) is 7.35. The average Bonchev–Trinajstić information content (AvgIpc) is 2.03. The first-order valence-electron chi connectivity index (χ1n) is 4.08. The molecule has 2 rings (SSSR count). The highest BCUT2D eigenvalue weighted by Gasteiger charge is 2.28. The van der Waals surface area contributed by atoms with E-state index in [0.29, 0.717) is 0 Å². The second-order valence-electron chi connectivity index (χ2n) is 2.98. The third-order valence-electron chi connectivity index (χ3n) is 2.26. The molecule has 0 unspecified atom stereocenters. The van der Waals surface area contributed by atoms with Crippen molar-refractivity contribution in [2.45, 2.75) is 20.3 Å². The molecule has 1 aliphatic heterocycles. The first-order valence-corrected chi connectivity index (χ1v) is 4.08. The molecule has 0 saturated heterocycles. The largest absolute Gasteiger partial charge is 0.422 e. The molecule has 1 aromatic carbocycles. The molecule has 1 aromatic rings. The number of benzene rings is 1. The Morgan fingerprint density at radius 1 is 1.42 bits per heavy atom. The van der Waals surface area contributed by atoms with Crippen LogP contribution in [0.15, 0.2) is 12.1 Å². The van der Waals surface area contributed by atoms with Gasteiger partial charge in [-0.25, -0.2) is 4.79 Å². The van der Waals surface area contributed by atoms with Gasteiger partial charge in [-0.2, -0.15) is 0 Å². The van der Waals surface area contributed by atoms with Crippen LogP contribution >= 0.6 is 0 Å². The van der Waals surface area contributed by atoms with E-state index in [1.165, 1.54) is 5.56 Å². The number of hydrogen-bond donors (Lipinski definition) is 0. The molecule has 1 aliphatic rings. The van der Waals surface area contributed by atoms with Crippen LogP contribution in [0.2, 0.25) is 0 Å². The predicted molar refractivity (Wildman–Crippen MR) is 45.5 cm³/mol. The molecule has 0 aliphatic carbocycles. The molecule has 0 saturated carbocycles. The van der Waals surface area contributed by atoms with Gasteiger partial charge >= 0.3 is 5.97 Å². The topological polar surface area (TPSA) is 26.3 Å². The summed E-state index contributed by atoms with van der Waals surface area (Å²) in [4.78, 5) is 10.9. The molecule has 0 atom stereocenters. The van der Waals surface area contributed by atoms with Gasteiger partial charge in [0, 0.05) is 0 Å². The Hall–Kier alpha value is -1.31. The van der Waals surface area contributed by atoms with E-state index in [-0.39, 0.29) is 5.97 Å². The normalized spacial score (nSPS) is 13.3. The van der Waals surface area contributed by atoms with E-state index < -0.39 is 0 Å². The lowest BCUT2D eigenvalue weighted by molar-refractivity contribution is 0.0656. The minimum Gasteiger partial charge on any atom is -0.422 e. The molecule has 0 amide bonds. The SMILES string of the molecule is CCc1c(C)ccc2c1OC2=O. The minimum absolute atomic E-state index is 0.195. The molecule has 12 heavy (non-hydrogen) atoms. The van der Waals surface area contributed by atoms with Crippen molar-refractivity contribution < 1.29 is 9.53 Å². The number of esters is 1. The summed E-state index contributed by atoms with van der Waals surface area (Å²) < 4.78 is 4.95. The maximum atomic E-state index is 10.9. The highest BCUT2D eigenvalue weighted by atomic mass is 16.6. The molecule has 0 spiro atoms. The van der Waals surface area contributed by atoms with Crippen molar-refractivity contribution in [3.05, 3.63) is 28.8 Å². The summed E-state index contributed by atoms with van der Waals surface area (Å²) in [5.74, 6) is 0.599. The molecular formula is C10H10O2. The second-order valence-corrected chi connectivity index (χ2v) is 2.98. The van der Waals surface area contributed by atoms with Gasteiger partial charge in [-0.1, -0.05) is 13.0 Å². The van der Waals surface area contributed by atoms with Crippen LogP contribution in [-0.2, 0) is 6.42 Å². The summed E-state index contributed by atoms with van der Waals surface area (Å²) >= 11 is 0. The Morgan fingerprint density at radius 2 is 2.17 bits per heavy atom. The van der Waals surface area contributed by atoms with Crippen molar-refractivity contribution in [1.29, 1.82) is 0 Å². The van der Waals surface area contributed by atoms with Gasteiger partial charge in [0.25, 0.3) is 0 Å². The maximum Gasteiger partial charge on any atom is 0.347 e. The smallest absolute Gasteiger partial charge is 0.347 e. The van der Waals surface area contributed by atoms with Crippen LogP contribution in [0.4, 0.5) is 0 Å². The number of ether oxygens (including phenoxy) is 1. The summed E-state index contributed by atoms with van der Waals surface area (Å²) in [7, 11) is 0. The van der Waals surface area contributed by atoms with Gasteiger partial charge < -0.3 is 4.74 Å². The van der Waals surface area contributed by atoms with Crippen LogP contribution in [0.25, 0.3) is 0 Å². The number of hydrogen-bond acceptors (Lipinski definition) is 2. The zero-order valence-electron chi connectivity index (χ0n) is 7.18. The average molecular weight is 162 g/mol. The van der Waals surface area contributed by atoms with Crippen molar-refractivity contribution in [3.63, 3.8) is 0 Å². The van der Waals surface area contributed by atoms with E-state index in [9.17, 15) is 4.79 Å². The standard InChI is InChI=1S/C10H10O2/c1-3-7-6(2)4-5-8-9(7)12-10(8)11/h4-5H,3H2,1-2H3. The molecule has 0 bridgehead atoms. The molecule has 0 N–H and O–H groups in total. The van der Waals surface area contributed by atoms with Gasteiger partial charge in [0.1, 0.15) is 11.3 Å². The van der Waals surface area contributed by atoms with E-state index in [1.54, 1.807) is 0 Å². The molecule has 0 aromatic heterocycles. The lowest BCUT2D eigenvalue weighted by Crippen LogP contribution is -2.22. The van der Waals surface area contributed by atoms with Crippen LogP contribution in [0.1, 0.15) is 28.4 Å². The Morgan fingerprint density at radius 3 is 2.75 bits per heavy atom. The van der Waals surface area contributed by atoms with Crippen LogP contribution < -0.4 is 4.74 Å². The third-order valence-corrected chi connectivity index (χ3v) is 2.26. The molecule has 62 valence electrons. The van der Waals surface area contributed by atoms with Gasteiger partial charge in [0.2, 0.25) is 0 Å². The molecule has 0 fully saturated rings. The van der Waals surface area contributed by atoms with E-state index in [2.05, 4.69) is 6.92 Å². The fourth-order valence-electron chi connectivity index (χ4n) is 1.54. The Kier molecular flexibility index (Phi) is 1.43. The quantitative estimate of drug-likeness (QED) is 0.591. The van der Waals surface area contributed by atoms with E-state index >= 15 is 0 Å². The fourth-order valence-corrected chi connectivity index (χ4v) is 1.54. The highest BCUT2D eigenvalue weighted by molar-refractivity contribution is 6.02. The molecule has 1 heterocycles. The van der Waals surface area contributed by atoms with Crippen molar-refractivity contribution in [2.75, 3.05) is 0 Å². The summed E-state index contributed by atoms with van der Waals surface area (Å²) in [6.07, 6.45) is 0.919. The van der Waals surface area contributed by atoms with Crippen molar-refractivity contribution in [3.8, 4) is 5.75 Å². The van der Waals surface area contributed by atoms with Crippen LogP contribution in [0, 0.1) is 6.92 Å². The first-order chi connectivity index (χ1) is 5.74. The Bertz CT molecular complexity index is 353. The maximum absolute atomic E-state index is 10.9. The van der Waals surface area contributed by atoms with E-state index in [0.717, 1.165) is 23.3 Å². The van der Waals surface area contributed by atoms with Gasteiger partial charge in [0.05, 0.1) is 0 Å². The van der Waals surface area contributed by atoms with Gasteiger partial charge in [-0.05, 0) is 30.5 Å². The van der Waals surface area contributed by atoms with Gasteiger partial charge in [-0.15, -0.1) is 0 Å². The number of carbonyl (C=O) groups is 1. The molecule has 2 heteroatoms. The number of fused-ring (bicyclic) bond motifs is 1. The van der Waals surface area contributed by atoms with Gasteiger partial charge in [-0.3, -0.25) is 0 Å². The lowest BCUT2D eigenvalue weighted by Gasteiger charge is -2.21. The van der Waals surface area contributed by atoms with Crippen LogP contribution in [0.5, 0.6) is 5.75 Å². The van der Waals surface area contributed by atoms with Crippen molar-refractivity contribution in [1.82, 2.24) is 0 Å². The summed E-state index contributed by atoms with van der Waals surface area (Å²) in [6.45, 7) is 4.10. The van der Waals surface area contributed by atoms with Gasteiger partial charge in [0.15, 0.2) is 0 Å². The minimum atomic E-state index is -0.195. The lowest BCUT2D eigenvalue weighted by atomic mass is 9.98. The Balaban J connectivity index is 2.61.